The highest BCUT2D eigenvalue weighted by molar-refractivity contribution is 7.78. The van der Waals surface area contributed by atoms with E-state index >= 15 is 0 Å². The minimum atomic E-state index is -1.18. The number of benzene rings is 1. The van der Waals surface area contributed by atoms with Crippen molar-refractivity contribution in [2.45, 2.75) is 0 Å². The van der Waals surface area contributed by atoms with Crippen molar-refractivity contribution in [3.05, 3.63) is 46.9 Å². The average Bonchev–Trinajstić information content (AvgIpc) is 2.84. The van der Waals surface area contributed by atoms with E-state index in [9.17, 15) is 13.6 Å². The third kappa shape index (κ3) is 2.80. The van der Waals surface area contributed by atoms with Gasteiger partial charge in [-0.2, -0.15) is 9.97 Å². The van der Waals surface area contributed by atoms with Crippen molar-refractivity contribution < 1.29 is 13.6 Å². The Hall–Kier alpha value is -2.39. The number of carbonyl (C=O) groups is 1. The maximum Gasteiger partial charge on any atom is 0.250 e. The number of rotatable bonds is 3. The van der Waals surface area contributed by atoms with Gasteiger partial charge >= 0.3 is 0 Å². The van der Waals surface area contributed by atoms with Crippen LogP contribution in [-0.4, -0.2) is 19.8 Å². The molecule has 3 aromatic rings. The molecule has 0 spiro atoms. The molecule has 23 heavy (non-hydrogen) atoms. The number of thiol groups is 1. The van der Waals surface area contributed by atoms with Gasteiger partial charge < -0.3 is 11.1 Å². The second-order valence-corrected chi connectivity index (χ2v) is 5.31. The number of fused-ring (bicyclic) bond motifs is 1. The molecular formula is C13H8ClF2N5OS. The number of hydrogen-bond donors (Lipinski definition) is 3. The Bertz CT molecular complexity index is 946. The molecule has 3 rings (SSSR count). The quantitative estimate of drug-likeness (QED) is 0.498. The number of hydrogen-bond acceptors (Lipinski definition) is 5. The highest BCUT2D eigenvalue weighted by Crippen LogP contribution is 2.29. The first kappa shape index (κ1) is 15.5. The number of nitrogens with zero attached hydrogens (tertiary/aromatic N) is 3. The zero-order valence-corrected chi connectivity index (χ0v) is 12.9. The Morgan fingerprint density at radius 1 is 1.30 bits per heavy atom. The van der Waals surface area contributed by atoms with E-state index in [1.165, 1.54) is 3.97 Å². The predicted molar refractivity (Wildman–Crippen MR) is 85.1 cm³/mol. The van der Waals surface area contributed by atoms with Crippen molar-refractivity contribution in [3.63, 3.8) is 0 Å². The summed E-state index contributed by atoms with van der Waals surface area (Å²) >= 11 is 10.0. The molecule has 0 aliphatic carbocycles. The topological polar surface area (TPSA) is 85.8 Å². The average molecular weight is 356 g/mol. The van der Waals surface area contributed by atoms with Crippen molar-refractivity contribution in [3.8, 4) is 0 Å². The van der Waals surface area contributed by atoms with Crippen molar-refractivity contribution in [2.75, 3.05) is 5.32 Å². The SMILES string of the molecule is NC(=O)c1cc(F)c(F)cc1Nc1nc(Cl)nc2c1ccn2S. The van der Waals surface area contributed by atoms with Crippen LogP contribution in [0.15, 0.2) is 24.4 Å². The summed E-state index contributed by atoms with van der Waals surface area (Å²) in [6.45, 7) is 0. The Morgan fingerprint density at radius 3 is 2.70 bits per heavy atom. The van der Waals surface area contributed by atoms with Crippen LogP contribution in [-0.2, 0) is 0 Å². The van der Waals surface area contributed by atoms with Crippen molar-refractivity contribution in [2.24, 2.45) is 5.73 Å². The van der Waals surface area contributed by atoms with Crippen LogP contribution in [0.1, 0.15) is 10.4 Å². The van der Waals surface area contributed by atoms with Crippen molar-refractivity contribution >= 4 is 52.9 Å². The van der Waals surface area contributed by atoms with Gasteiger partial charge in [0.2, 0.25) is 5.28 Å². The maximum atomic E-state index is 13.5. The molecule has 0 saturated carbocycles. The lowest BCUT2D eigenvalue weighted by molar-refractivity contribution is 0.100. The van der Waals surface area contributed by atoms with E-state index in [-0.39, 0.29) is 22.4 Å². The van der Waals surface area contributed by atoms with E-state index in [0.717, 1.165) is 6.07 Å². The van der Waals surface area contributed by atoms with Crippen molar-refractivity contribution in [1.29, 1.82) is 0 Å². The van der Waals surface area contributed by atoms with Crippen LogP contribution >= 0.6 is 24.4 Å². The highest BCUT2D eigenvalue weighted by Gasteiger charge is 2.17. The predicted octanol–water partition coefficient (Wildman–Crippen LogP) is 2.90. The summed E-state index contributed by atoms with van der Waals surface area (Å²) in [5, 5.41) is 3.16. The van der Waals surface area contributed by atoms with E-state index < -0.39 is 17.5 Å². The summed E-state index contributed by atoms with van der Waals surface area (Å²) in [4.78, 5) is 19.4. The number of aromatic nitrogens is 3. The smallest absolute Gasteiger partial charge is 0.250 e. The molecule has 0 aliphatic heterocycles. The Balaban J connectivity index is 2.16. The second kappa shape index (κ2) is 5.67. The molecule has 0 bridgehead atoms. The van der Waals surface area contributed by atoms with Gasteiger partial charge in [-0.05, 0) is 23.7 Å². The summed E-state index contributed by atoms with van der Waals surface area (Å²) in [7, 11) is 0. The van der Waals surface area contributed by atoms with E-state index in [1.807, 2.05) is 0 Å². The zero-order valence-electron chi connectivity index (χ0n) is 11.2. The molecule has 0 fully saturated rings. The van der Waals surface area contributed by atoms with Crippen LogP contribution in [0.25, 0.3) is 11.0 Å². The Labute approximate surface area is 138 Å². The minimum Gasteiger partial charge on any atom is -0.366 e. The number of halogens is 3. The van der Waals surface area contributed by atoms with E-state index in [1.54, 1.807) is 12.3 Å². The first-order chi connectivity index (χ1) is 10.9. The van der Waals surface area contributed by atoms with Crippen LogP contribution in [0.2, 0.25) is 5.28 Å². The normalized spacial score (nSPS) is 11.0. The van der Waals surface area contributed by atoms with Gasteiger partial charge in [0, 0.05) is 12.3 Å². The third-order valence-electron chi connectivity index (χ3n) is 3.08. The van der Waals surface area contributed by atoms with Gasteiger partial charge in [-0.25, -0.2) is 8.78 Å². The van der Waals surface area contributed by atoms with Gasteiger partial charge in [0.1, 0.15) is 5.82 Å². The number of carbonyl (C=O) groups excluding carboxylic acids is 1. The summed E-state index contributed by atoms with van der Waals surface area (Å²) in [6, 6.07) is 3.17. The van der Waals surface area contributed by atoms with Gasteiger partial charge in [0.05, 0.1) is 16.6 Å². The number of primary amides is 1. The van der Waals surface area contributed by atoms with E-state index in [4.69, 9.17) is 17.3 Å². The molecule has 1 amide bonds. The fourth-order valence-corrected chi connectivity index (χ4v) is 2.44. The van der Waals surface area contributed by atoms with Crippen LogP contribution in [0.3, 0.4) is 0 Å². The fourth-order valence-electron chi connectivity index (χ4n) is 2.05. The lowest BCUT2D eigenvalue weighted by atomic mass is 10.1. The van der Waals surface area contributed by atoms with Crippen LogP contribution < -0.4 is 11.1 Å². The number of amides is 1. The minimum absolute atomic E-state index is 0.0422. The molecule has 1 aromatic carbocycles. The second-order valence-electron chi connectivity index (χ2n) is 4.54. The van der Waals surface area contributed by atoms with Crippen LogP contribution in [0.5, 0.6) is 0 Å². The summed E-state index contributed by atoms with van der Waals surface area (Å²) < 4.78 is 28.2. The number of nitrogens with one attached hydrogen (secondary N) is 1. The first-order valence-electron chi connectivity index (χ1n) is 6.16. The van der Waals surface area contributed by atoms with E-state index in [2.05, 4.69) is 28.1 Å². The Morgan fingerprint density at radius 2 is 2.00 bits per heavy atom. The molecule has 2 aromatic heterocycles. The number of nitrogens with two attached hydrogens (primary N) is 1. The summed E-state index contributed by atoms with van der Waals surface area (Å²) in [6.07, 6.45) is 1.60. The molecule has 3 N–H and O–H groups in total. The molecule has 0 atom stereocenters. The monoisotopic (exact) mass is 355 g/mol. The largest absolute Gasteiger partial charge is 0.366 e. The maximum absolute atomic E-state index is 13.5. The van der Waals surface area contributed by atoms with Crippen molar-refractivity contribution in [1.82, 2.24) is 13.9 Å². The summed E-state index contributed by atoms with van der Waals surface area (Å²) in [5.74, 6) is -3.05. The highest BCUT2D eigenvalue weighted by atomic mass is 35.5. The standard InChI is InChI=1S/C13H8ClF2N5OS/c14-13-19-11(5-1-2-21(23)12(5)20-13)18-9-4-8(16)7(15)3-6(9)10(17)22/h1-4,23H,(H2,17,22)(H,18,19,20). The molecule has 0 aliphatic rings. The zero-order chi connectivity index (χ0) is 16.7. The lowest BCUT2D eigenvalue weighted by Crippen LogP contribution is -2.14. The van der Waals surface area contributed by atoms with Gasteiger partial charge in [-0.3, -0.25) is 8.77 Å². The molecular weight excluding hydrogens is 348 g/mol. The lowest BCUT2D eigenvalue weighted by Gasteiger charge is -2.11. The Kier molecular flexibility index (Phi) is 3.82. The van der Waals surface area contributed by atoms with Crippen LogP contribution in [0, 0.1) is 11.6 Å². The van der Waals surface area contributed by atoms with Gasteiger partial charge in [-0.15, -0.1) is 0 Å². The summed E-state index contributed by atoms with van der Waals surface area (Å²) in [5.41, 5.74) is 5.33. The van der Waals surface area contributed by atoms with E-state index in [0.29, 0.717) is 17.1 Å². The van der Waals surface area contributed by atoms with Gasteiger partial charge in [0.25, 0.3) is 5.91 Å². The molecule has 0 saturated heterocycles. The van der Waals surface area contributed by atoms with Crippen LogP contribution in [0.4, 0.5) is 20.3 Å². The molecule has 0 unspecified atom stereocenters. The molecule has 0 radical (unpaired) electrons. The molecule has 6 nitrogen and oxygen atoms in total. The van der Waals surface area contributed by atoms with Gasteiger partial charge in [0.15, 0.2) is 17.3 Å². The molecule has 118 valence electrons. The fraction of sp³-hybridized carbons (Fsp3) is 0. The first-order valence-corrected chi connectivity index (χ1v) is 6.94. The third-order valence-corrected chi connectivity index (χ3v) is 3.57. The molecule has 10 heteroatoms. The number of anilines is 2. The van der Waals surface area contributed by atoms with Gasteiger partial charge in [-0.1, -0.05) is 12.8 Å². The molecule has 2 heterocycles.